The van der Waals surface area contributed by atoms with Crippen molar-refractivity contribution in [3.05, 3.63) is 71.2 Å². The first-order chi connectivity index (χ1) is 12.1. The Labute approximate surface area is 150 Å². The number of benzene rings is 3. The predicted molar refractivity (Wildman–Crippen MR) is 97.7 cm³/mol. The molecule has 0 spiro atoms. The van der Waals surface area contributed by atoms with E-state index in [0.717, 1.165) is 16.3 Å². The number of hydrogen-bond acceptors (Lipinski definition) is 3. The number of carbonyl (C=O) groups is 1. The highest BCUT2D eigenvalue weighted by atomic mass is 35.5. The molecule has 1 N–H and O–H groups in total. The third-order valence-electron chi connectivity index (χ3n) is 3.93. The van der Waals surface area contributed by atoms with Crippen LogP contribution in [0.4, 0.5) is 0 Å². The average Bonchev–Trinajstić information content (AvgIpc) is 2.61. The lowest BCUT2D eigenvalue weighted by Gasteiger charge is -2.17. The summed E-state index contributed by atoms with van der Waals surface area (Å²) in [6.07, 6.45) is -0.822. The van der Waals surface area contributed by atoms with Gasteiger partial charge in [-0.3, -0.25) is 0 Å². The topological polar surface area (TPSA) is 55.8 Å². The highest BCUT2D eigenvalue weighted by Crippen LogP contribution is 2.28. The van der Waals surface area contributed by atoms with Gasteiger partial charge in [0.2, 0.25) is 0 Å². The van der Waals surface area contributed by atoms with Crippen LogP contribution in [-0.2, 0) is 11.2 Å². The Morgan fingerprint density at radius 3 is 2.56 bits per heavy atom. The molecule has 0 heterocycles. The Balaban J connectivity index is 1.86. The first kappa shape index (κ1) is 17.1. The molecule has 0 radical (unpaired) electrons. The summed E-state index contributed by atoms with van der Waals surface area (Å²) < 4.78 is 10.9. The van der Waals surface area contributed by atoms with Crippen molar-refractivity contribution in [1.29, 1.82) is 0 Å². The van der Waals surface area contributed by atoms with Gasteiger partial charge < -0.3 is 14.6 Å². The number of fused-ring (bicyclic) bond motifs is 1. The molecule has 4 nitrogen and oxygen atoms in total. The molecule has 128 valence electrons. The highest BCUT2D eigenvalue weighted by Gasteiger charge is 2.21. The van der Waals surface area contributed by atoms with Gasteiger partial charge >= 0.3 is 5.97 Å². The Kier molecular flexibility index (Phi) is 5.10. The molecular weight excluding hydrogens is 340 g/mol. The fourth-order valence-corrected chi connectivity index (χ4v) is 2.96. The molecule has 1 atom stereocenters. The van der Waals surface area contributed by atoms with Gasteiger partial charge in [-0.25, -0.2) is 4.79 Å². The van der Waals surface area contributed by atoms with Crippen LogP contribution in [0.1, 0.15) is 5.56 Å². The van der Waals surface area contributed by atoms with Crippen molar-refractivity contribution in [2.75, 3.05) is 7.11 Å². The van der Waals surface area contributed by atoms with E-state index in [1.807, 2.05) is 36.4 Å². The van der Waals surface area contributed by atoms with Crippen LogP contribution < -0.4 is 9.47 Å². The number of carboxylic acids is 1. The van der Waals surface area contributed by atoms with E-state index in [0.29, 0.717) is 16.5 Å². The molecule has 0 fully saturated rings. The average molecular weight is 357 g/mol. The second-order valence-electron chi connectivity index (χ2n) is 5.60. The molecule has 0 unspecified atom stereocenters. The standard InChI is InChI=1S/C20H17ClO4/c1-24-18-10-9-13(11-16(18)21)12-19(20(22)23)25-17-8-4-6-14-5-2-3-7-15(14)17/h2-11,19H,12H2,1H3,(H,22,23)/t19-/m1/s1. The second-order valence-corrected chi connectivity index (χ2v) is 6.00. The van der Waals surface area contributed by atoms with Gasteiger partial charge in [-0.2, -0.15) is 0 Å². The Morgan fingerprint density at radius 1 is 1.08 bits per heavy atom. The van der Waals surface area contributed by atoms with Crippen LogP contribution in [0.3, 0.4) is 0 Å². The van der Waals surface area contributed by atoms with E-state index in [2.05, 4.69) is 0 Å². The minimum absolute atomic E-state index is 0.197. The summed E-state index contributed by atoms with van der Waals surface area (Å²) >= 11 is 6.12. The number of rotatable bonds is 6. The van der Waals surface area contributed by atoms with E-state index in [4.69, 9.17) is 21.1 Å². The Bertz CT molecular complexity index is 902. The van der Waals surface area contributed by atoms with E-state index in [9.17, 15) is 9.90 Å². The van der Waals surface area contributed by atoms with Gasteiger partial charge in [0.15, 0.2) is 6.10 Å². The molecular formula is C20H17ClO4. The number of ether oxygens (including phenoxy) is 2. The summed E-state index contributed by atoms with van der Waals surface area (Å²) in [5.74, 6) is 0.0669. The van der Waals surface area contributed by atoms with E-state index in [1.54, 1.807) is 24.3 Å². The van der Waals surface area contributed by atoms with Crippen molar-refractivity contribution in [2.24, 2.45) is 0 Å². The number of hydrogen-bond donors (Lipinski definition) is 1. The Morgan fingerprint density at radius 2 is 1.84 bits per heavy atom. The molecule has 3 aromatic carbocycles. The number of halogens is 1. The minimum atomic E-state index is -1.03. The fraction of sp³-hybridized carbons (Fsp3) is 0.150. The zero-order valence-corrected chi connectivity index (χ0v) is 14.4. The molecule has 0 amide bonds. The van der Waals surface area contributed by atoms with Crippen LogP contribution in [0, 0.1) is 0 Å². The number of methoxy groups -OCH3 is 1. The first-order valence-electron chi connectivity index (χ1n) is 7.78. The molecule has 0 aliphatic heterocycles. The summed E-state index contributed by atoms with van der Waals surface area (Å²) in [6, 6.07) is 18.5. The quantitative estimate of drug-likeness (QED) is 0.702. The van der Waals surface area contributed by atoms with Gasteiger partial charge in [-0.15, -0.1) is 0 Å². The smallest absolute Gasteiger partial charge is 0.345 e. The summed E-state index contributed by atoms with van der Waals surface area (Å²) in [5.41, 5.74) is 0.762. The van der Waals surface area contributed by atoms with Crippen LogP contribution in [0.5, 0.6) is 11.5 Å². The number of carboxylic acid groups (broad SMARTS) is 1. The summed E-state index contributed by atoms with van der Waals surface area (Å²) in [5, 5.41) is 11.9. The third kappa shape index (κ3) is 3.86. The van der Waals surface area contributed by atoms with Crippen LogP contribution in [0.2, 0.25) is 5.02 Å². The summed E-state index contributed by atoms with van der Waals surface area (Å²) in [4.78, 5) is 11.7. The maximum atomic E-state index is 11.7. The van der Waals surface area contributed by atoms with Crippen molar-refractivity contribution in [3.63, 3.8) is 0 Å². The highest BCUT2D eigenvalue weighted by molar-refractivity contribution is 6.32. The monoisotopic (exact) mass is 356 g/mol. The second kappa shape index (κ2) is 7.45. The van der Waals surface area contributed by atoms with Gasteiger partial charge in [0, 0.05) is 11.8 Å². The van der Waals surface area contributed by atoms with Gasteiger partial charge in [0.05, 0.1) is 12.1 Å². The molecule has 3 aromatic rings. The molecule has 0 bridgehead atoms. The molecule has 5 heteroatoms. The molecule has 0 saturated carbocycles. The minimum Gasteiger partial charge on any atom is -0.495 e. The van der Waals surface area contributed by atoms with Gasteiger partial charge in [0.25, 0.3) is 0 Å². The molecule has 0 aliphatic carbocycles. The largest absolute Gasteiger partial charge is 0.495 e. The van der Waals surface area contributed by atoms with Crippen molar-refractivity contribution in [3.8, 4) is 11.5 Å². The van der Waals surface area contributed by atoms with E-state index in [-0.39, 0.29) is 6.42 Å². The lowest BCUT2D eigenvalue weighted by atomic mass is 10.1. The molecule has 25 heavy (non-hydrogen) atoms. The zero-order valence-electron chi connectivity index (χ0n) is 13.6. The maximum Gasteiger partial charge on any atom is 0.345 e. The fourth-order valence-electron chi connectivity index (χ4n) is 2.68. The van der Waals surface area contributed by atoms with Gasteiger partial charge in [-0.1, -0.05) is 54.1 Å². The van der Waals surface area contributed by atoms with Gasteiger partial charge in [0.1, 0.15) is 11.5 Å². The van der Waals surface area contributed by atoms with Crippen LogP contribution >= 0.6 is 11.6 Å². The van der Waals surface area contributed by atoms with Crippen LogP contribution in [-0.4, -0.2) is 24.3 Å². The van der Waals surface area contributed by atoms with Crippen molar-refractivity contribution >= 4 is 28.3 Å². The number of aliphatic carboxylic acids is 1. The zero-order chi connectivity index (χ0) is 17.8. The van der Waals surface area contributed by atoms with E-state index >= 15 is 0 Å². The molecule has 0 aromatic heterocycles. The van der Waals surface area contributed by atoms with E-state index in [1.165, 1.54) is 7.11 Å². The van der Waals surface area contributed by atoms with E-state index < -0.39 is 12.1 Å². The van der Waals surface area contributed by atoms with Crippen LogP contribution in [0.25, 0.3) is 10.8 Å². The van der Waals surface area contributed by atoms with Crippen molar-refractivity contribution in [2.45, 2.75) is 12.5 Å². The lowest BCUT2D eigenvalue weighted by Crippen LogP contribution is -2.29. The SMILES string of the molecule is COc1ccc(C[C@@H](Oc2cccc3ccccc23)C(=O)O)cc1Cl. The molecule has 3 rings (SSSR count). The van der Waals surface area contributed by atoms with Crippen molar-refractivity contribution < 1.29 is 19.4 Å². The van der Waals surface area contributed by atoms with Crippen molar-refractivity contribution in [1.82, 2.24) is 0 Å². The lowest BCUT2D eigenvalue weighted by molar-refractivity contribution is -0.144. The summed E-state index contributed by atoms with van der Waals surface area (Å²) in [7, 11) is 1.53. The predicted octanol–water partition coefficient (Wildman–Crippen LogP) is 4.58. The van der Waals surface area contributed by atoms with Crippen LogP contribution in [0.15, 0.2) is 60.7 Å². The maximum absolute atomic E-state index is 11.7. The summed E-state index contributed by atoms with van der Waals surface area (Å²) in [6.45, 7) is 0. The first-order valence-corrected chi connectivity index (χ1v) is 8.16. The Hall–Kier alpha value is -2.72. The van der Waals surface area contributed by atoms with Gasteiger partial charge in [-0.05, 0) is 29.1 Å². The third-order valence-corrected chi connectivity index (χ3v) is 4.23. The normalized spacial score (nSPS) is 11.9. The molecule has 0 saturated heterocycles. The molecule has 0 aliphatic rings.